The van der Waals surface area contributed by atoms with Gasteiger partial charge in [0, 0.05) is 13.1 Å². The van der Waals surface area contributed by atoms with Gasteiger partial charge in [0.1, 0.15) is 12.4 Å². The molecule has 1 aliphatic rings. The van der Waals surface area contributed by atoms with Crippen molar-refractivity contribution in [3.05, 3.63) is 6.33 Å². The Morgan fingerprint density at radius 2 is 2.32 bits per heavy atom. The lowest BCUT2D eigenvalue weighted by atomic mass is 10.3. The van der Waals surface area contributed by atoms with Crippen LogP contribution in [-0.4, -0.2) is 55.5 Å². The molecule has 7 nitrogen and oxygen atoms in total. The number of carboxylic acid groups (broad SMARTS) is 1. The van der Waals surface area contributed by atoms with Gasteiger partial charge in [-0.3, -0.25) is 4.79 Å². The fraction of sp³-hybridized carbons (Fsp3) is 0.636. The second-order valence-corrected chi connectivity index (χ2v) is 5.50. The highest BCUT2D eigenvalue weighted by Crippen LogP contribution is 2.37. The van der Waals surface area contributed by atoms with Crippen molar-refractivity contribution in [1.29, 1.82) is 0 Å². The molecular weight excluding hydrogens is 268 g/mol. The zero-order chi connectivity index (χ0) is 14.0. The highest BCUT2D eigenvalue weighted by Gasteiger charge is 2.27. The minimum Gasteiger partial charge on any atom is -0.480 e. The first-order valence-electron chi connectivity index (χ1n) is 6.01. The number of thioether (sulfide) groups is 1. The van der Waals surface area contributed by atoms with Gasteiger partial charge in [-0.05, 0) is 19.8 Å². The van der Waals surface area contributed by atoms with E-state index in [0.717, 1.165) is 12.8 Å². The molecule has 0 aliphatic heterocycles. The van der Waals surface area contributed by atoms with Crippen molar-refractivity contribution < 1.29 is 14.7 Å². The molecule has 19 heavy (non-hydrogen) atoms. The van der Waals surface area contributed by atoms with Crippen LogP contribution in [0.5, 0.6) is 0 Å². The van der Waals surface area contributed by atoms with Crippen LogP contribution in [-0.2, 0) is 9.59 Å². The van der Waals surface area contributed by atoms with E-state index in [2.05, 4.69) is 10.2 Å². The molecule has 0 bridgehead atoms. The molecule has 0 spiro atoms. The highest BCUT2D eigenvalue weighted by molar-refractivity contribution is 7.99. The summed E-state index contributed by atoms with van der Waals surface area (Å²) in [5.74, 6) is -1.08. The van der Waals surface area contributed by atoms with Crippen LogP contribution in [0.1, 0.15) is 25.8 Å². The van der Waals surface area contributed by atoms with Gasteiger partial charge in [-0.25, -0.2) is 4.79 Å². The first-order chi connectivity index (χ1) is 9.00. The molecule has 1 unspecified atom stereocenters. The number of carbonyl (C=O) groups excluding carboxylic acids is 1. The monoisotopic (exact) mass is 284 g/mol. The summed E-state index contributed by atoms with van der Waals surface area (Å²) in [6.07, 6.45) is 3.92. The summed E-state index contributed by atoms with van der Waals surface area (Å²) in [5.41, 5.74) is 0. The minimum atomic E-state index is -1.01. The number of nitrogens with zero attached hydrogens (tertiary/aromatic N) is 4. The quantitative estimate of drug-likeness (QED) is 0.771. The van der Waals surface area contributed by atoms with Crippen molar-refractivity contribution in [2.24, 2.45) is 0 Å². The molecule has 1 atom stereocenters. The van der Waals surface area contributed by atoms with E-state index in [9.17, 15) is 9.59 Å². The van der Waals surface area contributed by atoms with Gasteiger partial charge in [0.25, 0.3) is 0 Å². The zero-order valence-electron chi connectivity index (χ0n) is 10.8. The number of carbonyl (C=O) groups is 2. The van der Waals surface area contributed by atoms with Crippen molar-refractivity contribution in [2.45, 2.75) is 37.0 Å². The molecule has 1 aromatic heterocycles. The van der Waals surface area contributed by atoms with Crippen molar-refractivity contribution in [3.8, 4) is 0 Å². The lowest BCUT2D eigenvalue weighted by Gasteiger charge is -2.21. The average Bonchev–Trinajstić information content (AvgIpc) is 3.13. The van der Waals surface area contributed by atoms with Gasteiger partial charge in [0.05, 0.1) is 5.75 Å². The van der Waals surface area contributed by atoms with Crippen molar-refractivity contribution in [2.75, 3.05) is 12.8 Å². The van der Waals surface area contributed by atoms with Crippen LogP contribution in [0.2, 0.25) is 0 Å². The van der Waals surface area contributed by atoms with E-state index in [-0.39, 0.29) is 11.7 Å². The summed E-state index contributed by atoms with van der Waals surface area (Å²) in [4.78, 5) is 23.9. The summed E-state index contributed by atoms with van der Waals surface area (Å²) in [7, 11) is 1.49. The first-order valence-corrected chi connectivity index (χ1v) is 7.00. The fourth-order valence-corrected chi connectivity index (χ4v) is 2.45. The van der Waals surface area contributed by atoms with E-state index in [1.807, 2.05) is 4.57 Å². The zero-order valence-corrected chi connectivity index (χ0v) is 11.6. The van der Waals surface area contributed by atoms with Crippen molar-refractivity contribution in [3.63, 3.8) is 0 Å². The van der Waals surface area contributed by atoms with Crippen molar-refractivity contribution >= 4 is 23.6 Å². The van der Waals surface area contributed by atoms with E-state index >= 15 is 0 Å². The van der Waals surface area contributed by atoms with E-state index in [1.165, 1.54) is 30.6 Å². The van der Waals surface area contributed by atoms with Gasteiger partial charge in [0.2, 0.25) is 5.91 Å². The Morgan fingerprint density at radius 1 is 1.63 bits per heavy atom. The van der Waals surface area contributed by atoms with Crippen LogP contribution >= 0.6 is 11.8 Å². The molecule has 1 aliphatic carbocycles. The highest BCUT2D eigenvalue weighted by atomic mass is 32.2. The maximum absolute atomic E-state index is 11.9. The normalized spacial score (nSPS) is 16.1. The summed E-state index contributed by atoms with van der Waals surface area (Å²) < 4.78 is 1.97. The number of likely N-dealkylation sites (N-methyl/N-ethyl adjacent to an activating group) is 1. The number of aliphatic carboxylic acids is 1. The predicted molar refractivity (Wildman–Crippen MR) is 68.9 cm³/mol. The molecule has 1 saturated carbocycles. The Morgan fingerprint density at radius 3 is 2.89 bits per heavy atom. The molecule has 0 aromatic carbocycles. The number of aromatic nitrogens is 3. The van der Waals surface area contributed by atoms with Crippen LogP contribution < -0.4 is 0 Å². The van der Waals surface area contributed by atoms with Crippen LogP contribution in [0, 0.1) is 0 Å². The number of rotatable bonds is 6. The Bertz CT molecular complexity index is 486. The molecule has 1 amide bonds. The Kier molecular flexibility index (Phi) is 4.08. The molecule has 0 saturated heterocycles. The summed E-state index contributed by atoms with van der Waals surface area (Å²) in [6.45, 7) is 1.48. The number of hydrogen-bond donors (Lipinski definition) is 1. The van der Waals surface area contributed by atoms with Gasteiger partial charge >= 0.3 is 5.97 Å². The molecule has 1 fully saturated rings. The number of carboxylic acids is 1. The first kappa shape index (κ1) is 13.9. The minimum absolute atomic E-state index is 0.166. The van der Waals surface area contributed by atoms with E-state index in [1.54, 1.807) is 6.33 Å². The Balaban J connectivity index is 1.89. The summed E-state index contributed by atoms with van der Waals surface area (Å²) in [5, 5.41) is 17.4. The maximum atomic E-state index is 11.9. The maximum Gasteiger partial charge on any atom is 0.326 e. The van der Waals surface area contributed by atoms with E-state index in [4.69, 9.17) is 5.11 Å². The molecule has 1 aromatic rings. The summed E-state index contributed by atoms with van der Waals surface area (Å²) >= 11 is 1.29. The topological polar surface area (TPSA) is 88.3 Å². The number of hydrogen-bond acceptors (Lipinski definition) is 5. The van der Waals surface area contributed by atoms with Gasteiger partial charge in [0.15, 0.2) is 5.16 Å². The fourth-order valence-electron chi connectivity index (χ4n) is 1.55. The lowest BCUT2D eigenvalue weighted by Crippen LogP contribution is -2.41. The molecule has 0 radical (unpaired) electrons. The predicted octanol–water partition coefficient (Wildman–Crippen LogP) is 0.637. The standard InChI is InChI=1S/C11H16N4O3S/c1-7(10(17)18)14(2)9(16)5-19-11-13-12-6-15(11)8-3-4-8/h6-8H,3-5H2,1-2H3,(H,17,18). The second-order valence-electron chi connectivity index (χ2n) is 4.56. The second kappa shape index (κ2) is 5.60. The third-order valence-electron chi connectivity index (χ3n) is 3.14. The molecule has 2 rings (SSSR count). The van der Waals surface area contributed by atoms with Gasteiger partial charge < -0.3 is 14.6 Å². The van der Waals surface area contributed by atoms with Crippen LogP contribution in [0.3, 0.4) is 0 Å². The smallest absolute Gasteiger partial charge is 0.326 e. The summed E-state index contributed by atoms with van der Waals surface area (Å²) in [6, 6.07) is -0.363. The van der Waals surface area contributed by atoms with Crippen LogP contribution in [0.25, 0.3) is 0 Å². The van der Waals surface area contributed by atoms with Gasteiger partial charge in [-0.2, -0.15) is 0 Å². The average molecular weight is 284 g/mol. The molecular formula is C11H16N4O3S. The van der Waals surface area contributed by atoms with Crippen LogP contribution in [0.15, 0.2) is 11.5 Å². The molecule has 8 heteroatoms. The third kappa shape index (κ3) is 3.25. The lowest BCUT2D eigenvalue weighted by molar-refractivity contribution is -0.147. The molecule has 104 valence electrons. The number of amides is 1. The SMILES string of the molecule is CC(C(=O)O)N(C)C(=O)CSc1nncn1C1CC1. The molecule has 1 N–H and O–H groups in total. The third-order valence-corrected chi connectivity index (χ3v) is 4.08. The van der Waals surface area contributed by atoms with E-state index < -0.39 is 12.0 Å². The Labute approximate surface area is 115 Å². The Hall–Kier alpha value is -1.57. The molecule has 1 heterocycles. The van der Waals surface area contributed by atoms with E-state index in [0.29, 0.717) is 11.2 Å². The van der Waals surface area contributed by atoms with Gasteiger partial charge in [-0.15, -0.1) is 10.2 Å². The van der Waals surface area contributed by atoms with Crippen LogP contribution in [0.4, 0.5) is 0 Å². The van der Waals surface area contributed by atoms with Crippen molar-refractivity contribution in [1.82, 2.24) is 19.7 Å². The largest absolute Gasteiger partial charge is 0.480 e. The van der Waals surface area contributed by atoms with Gasteiger partial charge in [-0.1, -0.05) is 11.8 Å².